The molecule has 1 heterocycles. The van der Waals surface area contributed by atoms with Gasteiger partial charge in [0, 0.05) is 34.6 Å². The lowest BCUT2D eigenvalue weighted by atomic mass is 10.1. The predicted molar refractivity (Wildman–Crippen MR) is 92.2 cm³/mol. The second kappa shape index (κ2) is 7.36. The molecule has 0 fully saturated rings. The zero-order valence-corrected chi connectivity index (χ0v) is 14.1. The van der Waals surface area contributed by atoms with Crippen LogP contribution >= 0.6 is 34.7 Å². The van der Waals surface area contributed by atoms with Crippen LogP contribution < -0.4 is 10.6 Å². The average Bonchev–Trinajstić information content (AvgIpc) is 2.84. The van der Waals surface area contributed by atoms with E-state index >= 15 is 0 Å². The summed E-state index contributed by atoms with van der Waals surface area (Å²) < 4.78 is 0.836. The van der Waals surface area contributed by atoms with Gasteiger partial charge >= 0.3 is 0 Å². The summed E-state index contributed by atoms with van der Waals surface area (Å²) in [5.41, 5.74) is 8.39. The first kappa shape index (κ1) is 15.7. The van der Waals surface area contributed by atoms with Gasteiger partial charge in [-0.2, -0.15) is 0 Å². The van der Waals surface area contributed by atoms with Crippen LogP contribution in [0.3, 0.4) is 0 Å². The van der Waals surface area contributed by atoms with Crippen molar-refractivity contribution in [1.82, 2.24) is 0 Å². The minimum Gasteiger partial charge on any atom is -0.369 e. The lowest BCUT2D eigenvalue weighted by molar-refractivity contribution is 0.906. The van der Waals surface area contributed by atoms with Gasteiger partial charge in [-0.25, -0.2) is 0 Å². The Balaban J connectivity index is 2.24. The van der Waals surface area contributed by atoms with Gasteiger partial charge in [0.25, 0.3) is 0 Å². The number of thiophene rings is 1. The van der Waals surface area contributed by atoms with Crippen molar-refractivity contribution in [2.45, 2.75) is 24.9 Å². The first-order chi connectivity index (χ1) is 9.65. The SMILES string of the molecule is CCSc1cccc(N(C)Cc2ccc(Cl)s2)c1CN. The van der Waals surface area contributed by atoms with E-state index in [4.69, 9.17) is 17.3 Å². The smallest absolute Gasteiger partial charge is 0.0931 e. The highest BCUT2D eigenvalue weighted by atomic mass is 35.5. The first-order valence-corrected chi connectivity index (χ1v) is 8.73. The molecule has 108 valence electrons. The van der Waals surface area contributed by atoms with Gasteiger partial charge in [-0.1, -0.05) is 24.6 Å². The molecule has 2 aromatic rings. The maximum atomic E-state index is 5.99. The molecule has 0 aliphatic heterocycles. The summed E-state index contributed by atoms with van der Waals surface area (Å²) in [5.74, 6) is 1.06. The summed E-state index contributed by atoms with van der Waals surface area (Å²) in [4.78, 5) is 4.78. The predicted octanol–water partition coefficient (Wildman–Crippen LogP) is 4.61. The molecule has 5 heteroatoms. The molecule has 2 nitrogen and oxygen atoms in total. The van der Waals surface area contributed by atoms with Gasteiger partial charge in [-0.05, 0) is 30.0 Å². The quantitative estimate of drug-likeness (QED) is 0.786. The van der Waals surface area contributed by atoms with E-state index in [1.807, 2.05) is 17.8 Å². The topological polar surface area (TPSA) is 29.3 Å². The van der Waals surface area contributed by atoms with E-state index in [-0.39, 0.29) is 0 Å². The van der Waals surface area contributed by atoms with Gasteiger partial charge < -0.3 is 10.6 Å². The third kappa shape index (κ3) is 3.70. The van der Waals surface area contributed by atoms with Gasteiger partial charge in [0.15, 0.2) is 0 Å². The van der Waals surface area contributed by atoms with Gasteiger partial charge in [0.1, 0.15) is 0 Å². The fourth-order valence-corrected chi connectivity index (χ4v) is 4.15. The van der Waals surface area contributed by atoms with Crippen molar-refractivity contribution in [3.8, 4) is 0 Å². The molecule has 0 radical (unpaired) electrons. The monoisotopic (exact) mass is 326 g/mol. The van der Waals surface area contributed by atoms with Crippen LogP contribution in [0.25, 0.3) is 0 Å². The van der Waals surface area contributed by atoms with Gasteiger partial charge in [0.2, 0.25) is 0 Å². The standard InChI is InChI=1S/C15H19ClN2S2/c1-3-19-14-6-4-5-13(12(14)9-17)18(2)10-11-7-8-15(16)20-11/h4-8H,3,9-10,17H2,1-2H3. The summed E-state index contributed by atoms with van der Waals surface area (Å²) in [6.45, 7) is 3.58. The third-order valence-electron chi connectivity index (χ3n) is 3.05. The van der Waals surface area contributed by atoms with Crippen LogP contribution in [0, 0.1) is 0 Å². The molecule has 2 N–H and O–H groups in total. The Kier molecular flexibility index (Phi) is 5.78. The molecule has 1 aromatic carbocycles. The Hall–Kier alpha value is -0.680. The Labute approximate surface area is 133 Å². The maximum absolute atomic E-state index is 5.99. The van der Waals surface area contributed by atoms with E-state index in [0.29, 0.717) is 6.54 Å². The van der Waals surface area contributed by atoms with E-state index in [0.717, 1.165) is 16.6 Å². The van der Waals surface area contributed by atoms with Crippen LogP contribution in [0.1, 0.15) is 17.4 Å². The fourth-order valence-electron chi connectivity index (χ4n) is 2.16. The normalized spacial score (nSPS) is 10.8. The van der Waals surface area contributed by atoms with Crippen molar-refractivity contribution in [3.05, 3.63) is 45.1 Å². The molecule has 2 rings (SSSR count). The number of anilines is 1. The Bertz CT molecular complexity index is 569. The van der Waals surface area contributed by atoms with Crippen LogP contribution in [0.2, 0.25) is 4.34 Å². The van der Waals surface area contributed by atoms with E-state index in [1.54, 1.807) is 11.3 Å². The molecular weight excluding hydrogens is 308 g/mol. The van der Waals surface area contributed by atoms with Gasteiger partial charge in [0.05, 0.1) is 10.9 Å². The van der Waals surface area contributed by atoms with Crippen LogP contribution in [-0.2, 0) is 13.1 Å². The largest absolute Gasteiger partial charge is 0.369 e. The van der Waals surface area contributed by atoms with E-state index in [1.165, 1.54) is 21.0 Å². The van der Waals surface area contributed by atoms with Crippen LogP contribution in [0.5, 0.6) is 0 Å². The fraction of sp³-hybridized carbons (Fsp3) is 0.333. The number of benzene rings is 1. The van der Waals surface area contributed by atoms with Crippen LogP contribution in [0.15, 0.2) is 35.2 Å². The van der Waals surface area contributed by atoms with Crippen molar-refractivity contribution in [3.63, 3.8) is 0 Å². The zero-order valence-electron chi connectivity index (χ0n) is 11.7. The number of hydrogen-bond donors (Lipinski definition) is 1. The van der Waals surface area contributed by atoms with Crippen molar-refractivity contribution in [1.29, 1.82) is 0 Å². The van der Waals surface area contributed by atoms with Crippen molar-refractivity contribution in [2.24, 2.45) is 5.73 Å². The molecule has 0 bridgehead atoms. The van der Waals surface area contributed by atoms with E-state index in [2.05, 4.69) is 43.1 Å². The minimum absolute atomic E-state index is 0.564. The molecule has 0 spiro atoms. The Morgan fingerprint density at radius 3 is 2.70 bits per heavy atom. The number of nitrogens with two attached hydrogens (primary N) is 1. The molecule has 0 saturated heterocycles. The molecule has 0 amide bonds. The van der Waals surface area contributed by atoms with Crippen molar-refractivity contribution < 1.29 is 0 Å². The average molecular weight is 327 g/mol. The molecule has 20 heavy (non-hydrogen) atoms. The molecule has 0 saturated carbocycles. The molecule has 1 aromatic heterocycles. The van der Waals surface area contributed by atoms with Crippen molar-refractivity contribution in [2.75, 3.05) is 17.7 Å². The number of nitrogens with zero attached hydrogens (tertiary/aromatic N) is 1. The summed E-state index contributed by atoms with van der Waals surface area (Å²) in [6, 6.07) is 10.4. The van der Waals surface area contributed by atoms with Gasteiger partial charge in [-0.15, -0.1) is 23.1 Å². The second-order valence-corrected chi connectivity index (χ2v) is 7.56. The summed E-state index contributed by atoms with van der Waals surface area (Å²) in [6.07, 6.45) is 0. The lowest BCUT2D eigenvalue weighted by Gasteiger charge is -2.23. The molecule has 0 unspecified atom stereocenters. The molecule has 0 atom stereocenters. The Morgan fingerprint density at radius 1 is 1.30 bits per heavy atom. The highest BCUT2D eigenvalue weighted by molar-refractivity contribution is 7.99. The second-order valence-electron chi connectivity index (χ2n) is 4.45. The van der Waals surface area contributed by atoms with Crippen molar-refractivity contribution >= 4 is 40.4 Å². The summed E-state index contributed by atoms with van der Waals surface area (Å²) in [7, 11) is 2.10. The number of hydrogen-bond acceptors (Lipinski definition) is 4. The number of thioether (sulfide) groups is 1. The van der Waals surface area contributed by atoms with Crippen LogP contribution in [0.4, 0.5) is 5.69 Å². The molecule has 0 aliphatic carbocycles. The lowest BCUT2D eigenvalue weighted by Crippen LogP contribution is -2.18. The van der Waals surface area contributed by atoms with Crippen LogP contribution in [-0.4, -0.2) is 12.8 Å². The first-order valence-electron chi connectivity index (χ1n) is 6.55. The van der Waals surface area contributed by atoms with E-state index < -0.39 is 0 Å². The summed E-state index contributed by atoms with van der Waals surface area (Å²) in [5, 5.41) is 0. The maximum Gasteiger partial charge on any atom is 0.0931 e. The Morgan fingerprint density at radius 2 is 2.10 bits per heavy atom. The molecule has 0 aliphatic rings. The number of halogens is 1. The summed E-state index contributed by atoms with van der Waals surface area (Å²) >= 11 is 9.46. The van der Waals surface area contributed by atoms with Gasteiger partial charge in [-0.3, -0.25) is 0 Å². The highest BCUT2D eigenvalue weighted by Gasteiger charge is 2.12. The van der Waals surface area contributed by atoms with E-state index in [9.17, 15) is 0 Å². The zero-order chi connectivity index (χ0) is 14.5. The minimum atomic E-state index is 0.564. The highest BCUT2D eigenvalue weighted by Crippen LogP contribution is 2.31. The number of rotatable bonds is 6. The molecular formula is C15H19ClN2S2. The third-order valence-corrected chi connectivity index (χ3v) is 5.24.